The van der Waals surface area contributed by atoms with Crippen molar-refractivity contribution < 1.29 is 4.42 Å². The van der Waals surface area contributed by atoms with Gasteiger partial charge in [-0.15, -0.1) is 0 Å². The van der Waals surface area contributed by atoms with Gasteiger partial charge in [-0.1, -0.05) is 0 Å². The van der Waals surface area contributed by atoms with E-state index in [4.69, 9.17) is 4.42 Å². The van der Waals surface area contributed by atoms with Gasteiger partial charge in [0.15, 0.2) is 5.82 Å². The van der Waals surface area contributed by atoms with Crippen molar-refractivity contribution in [3.8, 4) is 17.5 Å². The number of rotatable bonds is 5. The number of aromatic nitrogens is 7. The van der Waals surface area contributed by atoms with Gasteiger partial charge in [0.05, 0.1) is 17.8 Å². The summed E-state index contributed by atoms with van der Waals surface area (Å²) in [5, 5.41) is 15.2. The predicted molar refractivity (Wildman–Crippen MR) is 117 cm³/mol. The standard InChI is InChI=1S/C22H19N9O/c23-9-17(31-13-16(11-27-31)20-26-10-15-3-6-24-19(15)29-20)8-14-4-7-30(12-14)22-28-18-2-1-5-25-21(18)32-22/h1-3,5-6,10-11,13-14,17H,4,7-8,12H2,(H,24,26,29)/t14?,17-/m1/s1. The molecule has 1 saturated heterocycles. The lowest BCUT2D eigenvalue weighted by Gasteiger charge is -2.16. The highest BCUT2D eigenvalue weighted by Gasteiger charge is 2.29. The number of oxazole rings is 1. The molecule has 0 amide bonds. The van der Waals surface area contributed by atoms with Crippen LogP contribution in [0.5, 0.6) is 0 Å². The molecule has 0 spiro atoms. The highest BCUT2D eigenvalue weighted by Crippen LogP contribution is 2.30. The summed E-state index contributed by atoms with van der Waals surface area (Å²) >= 11 is 0. The largest absolute Gasteiger partial charge is 0.404 e. The fourth-order valence-electron chi connectivity index (χ4n) is 4.23. The molecular weight excluding hydrogens is 406 g/mol. The Morgan fingerprint density at radius 1 is 1.25 bits per heavy atom. The first-order chi connectivity index (χ1) is 15.8. The number of nitrogens with zero attached hydrogens (tertiary/aromatic N) is 8. The van der Waals surface area contributed by atoms with E-state index in [1.807, 2.05) is 30.6 Å². The Morgan fingerprint density at radius 3 is 3.12 bits per heavy atom. The quantitative estimate of drug-likeness (QED) is 0.454. The Hall–Kier alpha value is -4.26. The molecule has 6 rings (SSSR count). The summed E-state index contributed by atoms with van der Waals surface area (Å²) in [6.45, 7) is 1.62. The lowest BCUT2D eigenvalue weighted by Crippen LogP contribution is -2.21. The van der Waals surface area contributed by atoms with Gasteiger partial charge in [-0.3, -0.25) is 4.68 Å². The molecular formula is C22H19N9O. The Morgan fingerprint density at radius 2 is 2.22 bits per heavy atom. The Labute approximate surface area is 182 Å². The molecule has 1 aliphatic heterocycles. The smallest absolute Gasteiger partial charge is 0.299 e. The van der Waals surface area contributed by atoms with Crippen molar-refractivity contribution in [2.24, 2.45) is 5.92 Å². The van der Waals surface area contributed by atoms with Crippen molar-refractivity contribution in [3.05, 3.63) is 49.2 Å². The average molecular weight is 425 g/mol. The molecule has 0 radical (unpaired) electrons. The van der Waals surface area contributed by atoms with Gasteiger partial charge in [-0.2, -0.15) is 15.3 Å². The van der Waals surface area contributed by atoms with Crippen LogP contribution in [0.3, 0.4) is 0 Å². The minimum Gasteiger partial charge on any atom is -0.404 e. The van der Waals surface area contributed by atoms with Crippen LogP contribution in [0.2, 0.25) is 0 Å². The molecule has 1 fully saturated rings. The first kappa shape index (κ1) is 18.5. The van der Waals surface area contributed by atoms with Crippen LogP contribution >= 0.6 is 0 Å². The Balaban J connectivity index is 1.16. The van der Waals surface area contributed by atoms with Gasteiger partial charge in [0.1, 0.15) is 17.2 Å². The van der Waals surface area contributed by atoms with Crippen LogP contribution in [0, 0.1) is 17.2 Å². The third kappa shape index (κ3) is 3.24. The van der Waals surface area contributed by atoms with E-state index >= 15 is 0 Å². The molecule has 10 heteroatoms. The van der Waals surface area contributed by atoms with Crippen LogP contribution < -0.4 is 4.90 Å². The van der Waals surface area contributed by atoms with Crippen LogP contribution in [0.1, 0.15) is 18.9 Å². The van der Waals surface area contributed by atoms with E-state index in [9.17, 15) is 5.26 Å². The first-order valence-electron chi connectivity index (χ1n) is 10.5. The summed E-state index contributed by atoms with van der Waals surface area (Å²) in [6.07, 6.45) is 10.5. The van der Waals surface area contributed by atoms with E-state index in [1.165, 1.54) is 0 Å². The maximum absolute atomic E-state index is 9.81. The maximum atomic E-state index is 9.81. The second-order valence-corrected chi connectivity index (χ2v) is 7.99. The van der Waals surface area contributed by atoms with Crippen molar-refractivity contribution >= 4 is 28.3 Å². The molecule has 0 aromatic carbocycles. The van der Waals surface area contributed by atoms with Crippen LogP contribution in [0.4, 0.5) is 6.01 Å². The van der Waals surface area contributed by atoms with E-state index in [0.717, 1.165) is 41.6 Å². The van der Waals surface area contributed by atoms with Gasteiger partial charge in [0, 0.05) is 43.3 Å². The van der Waals surface area contributed by atoms with E-state index in [1.54, 1.807) is 23.3 Å². The third-order valence-electron chi connectivity index (χ3n) is 5.90. The molecule has 2 atom stereocenters. The zero-order valence-electron chi connectivity index (χ0n) is 17.1. The minimum absolute atomic E-state index is 0.335. The van der Waals surface area contributed by atoms with Gasteiger partial charge in [-0.25, -0.2) is 15.0 Å². The molecule has 1 aliphatic rings. The predicted octanol–water partition coefficient (Wildman–Crippen LogP) is 3.34. The SMILES string of the molecule is N#C[C@@H](CC1CCN(c2nc3cccnc3o2)C1)n1cc(-c2ncc3cc[nH]c3n2)cn1. The summed E-state index contributed by atoms with van der Waals surface area (Å²) in [5.74, 6) is 0.918. The number of H-pyrrole nitrogens is 1. The molecule has 0 saturated carbocycles. The normalized spacial score (nSPS) is 17.2. The molecule has 0 aliphatic carbocycles. The lowest BCUT2D eigenvalue weighted by atomic mass is 10.00. The highest BCUT2D eigenvalue weighted by atomic mass is 16.4. The first-order valence-corrected chi connectivity index (χ1v) is 10.5. The fourth-order valence-corrected chi connectivity index (χ4v) is 4.23. The summed E-state index contributed by atoms with van der Waals surface area (Å²) in [7, 11) is 0. The number of hydrogen-bond acceptors (Lipinski definition) is 8. The summed E-state index contributed by atoms with van der Waals surface area (Å²) in [5.41, 5.74) is 2.86. The number of hydrogen-bond donors (Lipinski definition) is 1. The molecule has 1 unspecified atom stereocenters. The second-order valence-electron chi connectivity index (χ2n) is 7.99. The maximum Gasteiger partial charge on any atom is 0.299 e. The zero-order valence-corrected chi connectivity index (χ0v) is 17.1. The van der Waals surface area contributed by atoms with Crippen molar-refractivity contribution in [1.82, 2.24) is 34.7 Å². The van der Waals surface area contributed by atoms with Crippen LogP contribution in [-0.4, -0.2) is 47.8 Å². The fraction of sp³-hybridized carbons (Fsp3) is 0.273. The highest BCUT2D eigenvalue weighted by molar-refractivity contribution is 5.76. The van der Waals surface area contributed by atoms with Crippen LogP contribution in [0.25, 0.3) is 33.7 Å². The molecule has 32 heavy (non-hydrogen) atoms. The third-order valence-corrected chi connectivity index (χ3v) is 5.90. The number of nitrogens with one attached hydrogen (secondary N) is 1. The topological polar surface area (TPSA) is 125 Å². The van der Waals surface area contributed by atoms with E-state index < -0.39 is 0 Å². The van der Waals surface area contributed by atoms with Gasteiger partial charge in [0.25, 0.3) is 6.01 Å². The van der Waals surface area contributed by atoms with Crippen molar-refractivity contribution in [2.45, 2.75) is 18.9 Å². The minimum atomic E-state index is -0.367. The lowest BCUT2D eigenvalue weighted by molar-refractivity contribution is 0.418. The summed E-state index contributed by atoms with van der Waals surface area (Å²) in [4.78, 5) is 22.9. The average Bonchev–Trinajstić information content (AvgIpc) is 3.61. The summed E-state index contributed by atoms with van der Waals surface area (Å²) < 4.78 is 7.51. The molecule has 10 nitrogen and oxygen atoms in total. The van der Waals surface area contributed by atoms with E-state index in [0.29, 0.717) is 29.9 Å². The van der Waals surface area contributed by atoms with Crippen LogP contribution in [0.15, 0.2) is 53.6 Å². The molecule has 0 bridgehead atoms. The molecule has 158 valence electrons. The van der Waals surface area contributed by atoms with Crippen molar-refractivity contribution in [1.29, 1.82) is 5.26 Å². The number of anilines is 1. The number of nitriles is 1. The van der Waals surface area contributed by atoms with Gasteiger partial charge in [-0.05, 0) is 37.0 Å². The van der Waals surface area contributed by atoms with Crippen molar-refractivity contribution in [3.63, 3.8) is 0 Å². The van der Waals surface area contributed by atoms with E-state index in [-0.39, 0.29) is 6.04 Å². The molecule has 6 heterocycles. The van der Waals surface area contributed by atoms with Crippen LogP contribution in [-0.2, 0) is 0 Å². The second kappa shape index (κ2) is 7.46. The van der Waals surface area contributed by atoms with Gasteiger partial charge in [0.2, 0.25) is 5.71 Å². The molecule has 5 aromatic heterocycles. The van der Waals surface area contributed by atoms with Crippen molar-refractivity contribution in [2.75, 3.05) is 18.0 Å². The number of pyridine rings is 1. The van der Waals surface area contributed by atoms with Gasteiger partial charge < -0.3 is 14.3 Å². The Kier molecular flexibility index (Phi) is 4.31. The van der Waals surface area contributed by atoms with E-state index in [2.05, 4.69) is 41.0 Å². The number of aromatic amines is 1. The molecule has 1 N–H and O–H groups in total. The van der Waals surface area contributed by atoms with Gasteiger partial charge >= 0.3 is 0 Å². The monoisotopic (exact) mass is 425 g/mol. The Bertz CT molecular complexity index is 1410. The number of fused-ring (bicyclic) bond motifs is 2. The summed E-state index contributed by atoms with van der Waals surface area (Å²) in [6, 6.07) is 8.28. The molecule has 5 aromatic rings. The zero-order chi connectivity index (χ0) is 21.5.